The summed E-state index contributed by atoms with van der Waals surface area (Å²) in [6.45, 7) is 5.11. The summed E-state index contributed by atoms with van der Waals surface area (Å²) in [4.78, 5) is 23.6. The van der Waals surface area contributed by atoms with Crippen molar-refractivity contribution >= 4 is 11.8 Å². The third kappa shape index (κ3) is 3.01. The third-order valence-electron chi connectivity index (χ3n) is 3.76. The van der Waals surface area contributed by atoms with E-state index < -0.39 is 11.4 Å². The minimum atomic E-state index is -1.06. The number of amides is 2. The molecule has 0 spiro atoms. The van der Waals surface area contributed by atoms with Crippen molar-refractivity contribution in [2.24, 2.45) is 5.73 Å². The maximum atomic E-state index is 12.3. The number of nitrogens with zero attached hydrogens (tertiary/aromatic N) is 1. The van der Waals surface area contributed by atoms with Crippen LogP contribution in [-0.2, 0) is 4.79 Å². The van der Waals surface area contributed by atoms with Crippen molar-refractivity contribution in [3.63, 3.8) is 0 Å². The Bertz CT molecular complexity index is 501. The Balaban J connectivity index is 2.15. The molecule has 2 amide bonds. The molecule has 110 valence electrons. The van der Waals surface area contributed by atoms with Gasteiger partial charge >= 0.3 is 0 Å². The van der Waals surface area contributed by atoms with Gasteiger partial charge in [0.25, 0.3) is 5.91 Å². The Hall–Kier alpha value is -1.82. The molecule has 2 rings (SSSR count). The van der Waals surface area contributed by atoms with Crippen molar-refractivity contribution in [1.82, 2.24) is 15.2 Å². The summed E-state index contributed by atoms with van der Waals surface area (Å²) in [6, 6.07) is 3.95. The van der Waals surface area contributed by atoms with Crippen molar-refractivity contribution in [2.45, 2.75) is 38.3 Å². The fourth-order valence-electron chi connectivity index (χ4n) is 2.40. The van der Waals surface area contributed by atoms with Crippen LogP contribution in [-0.4, -0.2) is 35.0 Å². The lowest BCUT2D eigenvalue weighted by Gasteiger charge is -2.27. The molecule has 0 bridgehead atoms. The first-order chi connectivity index (χ1) is 9.42. The highest BCUT2D eigenvalue weighted by molar-refractivity contribution is 5.97. The first-order valence-corrected chi connectivity index (χ1v) is 6.92. The van der Waals surface area contributed by atoms with Gasteiger partial charge in [0, 0.05) is 12.2 Å². The normalized spacial score (nSPS) is 16.9. The monoisotopic (exact) mass is 278 g/mol. The van der Waals surface area contributed by atoms with Gasteiger partial charge in [-0.3, -0.25) is 9.59 Å². The van der Waals surface area contributed by atoms with E-state index in [4.69, 9.17) is 5.73 Å². The van der Waals surface area contributed by atoms with Crippen LogP contribution in [0.1, 0.15) is 43.2 Å². The first-order valence-electron chi connectivity index (χ1n) is 6.92. The summed E-state index contributed by atoms with van der Waals surface area (Å²) in [7, 11) is 0. The zero-order chi connectivity index (χ0) is 14.8. The van der Waals surface area contributed by atoms with Crippen LogP contribution in [0, 0.1) is 0 Å². The second-order valence-corrected chi connectivity index (χ2v) is 5.73. The van der Waals surface area contributed by atoms with E-state index in [0.29, 0.717) is 11.7 Å². The average molecular weight is 278 g/mol. The number of hydrogen-bond acceptors (Lipinski definition) is 3. The van der Waals surface area contributed by atoms with Crippen LogP contribution in [0.3, 0.4) is 0 Å². The van der Waals surface area contributed by atoms with Gasteiger partial charge in [-0.25, -0.2) is 0 Å². The van der Waals surface area contributed by atoms with E-state index in [0.717, 1.165) is 25.9 Å². The number of piperidine rings is 1. The second-order valence-electron chi connectivity index (χ2n) is 5.73. The van der Waals surface area contributed by atoms with Crippen LogP contribution < -0.4 is 16.4 Å². The lowest BCUT2D eigenvalue weighted by atomic mass is 10.0. The Kier molecular flexibility index (Phi) is 4.13. The van der Waals surface area contributed by atoms with Gasteiger partial charge in [-0.1, -0.05) is 0 Å². The van der Waals surface area contributed by atoms with Gasteiger partial charge in [-0.05, 0) is 51.9 Å². The van der Waals surface area contributed by atoms with Crippen LogP contribution in [0.25, 0.3) is 0 Å². The highest BCUT2D eigenvalue weighted by atomic mass is 16.2. The first kappa shape index (κ1) is 14.6. The molecule has 0 aliphatic carbocycles. The molecular weight excluding hydrogens is 256 g/mol. The Morgan fingerprint density at radius 3 is 2.65 bits per heavy atom. The maximum Gasteiger partial charge on any atom is 0.268 e. The quantitative estimate of drug-likeness (QED) is 0.745. The SMILES string of the molecule is CC(C)(NC(=O)c1cccn1C1CCNCC1)C(N)=O. The van der Waals surface area contributed by atoms with Gasteiger partial charge in [-0.2, -0.15) is 0 Å². The summed E-state index contributed by atoms with van der Waals surface area (Å²) in [5.74, 6) is -0.817. The molecule has 0 aromatic carbocycles. The molecule has 0 radical (unpaired) electrons. The van der Waals surface area contributed by atoms with E-state index in [-0.39, 0.29) is 5.91 Å². The molecule has 6 nitrogen and oxygen atoms in total. The number of hydrogen-bond donors (Lipinski definition) is 3. The van der Waals surface area contributed by atoms with Gasteiger partial charge in [0.15, 0.2) is 0 Å². The second kappa shape index (κ2) is 5.66. The maximum absolute atomic E-state index is 12.3. The number of rotatable bonds is 4. The summed E-state index contributed by atoms with van der Waals surface area (Å²) in [6.07, 6.45) is 3.91. The van der Waals surface area contributed by atoms with Crippen molar-refractivity contribution in [3.8, 4) is 0 Å². The van der Waals surface area contributed by atoms with Crippen LogP contribution >= 0.6 is 0 Å². The molecular formula is C14H22N4O2. The number of nitrogens with two attached hydrogens (primary N) is 1. The molecule has 1 fully saturated rings. The number of aromatic nitrogens is 1. The number of primary amides is 1. The molecule has 4 N–H and O–H groups in total. The van der Waals surface area contributed by atoms with Crippen molar-refractivity contribution in [1.29, 1.82) is 0 Å². The van der Waals surface area contributed by atoms with Gasteiger partial charge in [-0.15, -0.1) is 0 Å². The molecule has 0 atom stereocenters. The molecule has 1 aliphatic rings. The van der Waals surface area contributed by atoms with Gasteiger partial charge in [0.05, 0.1) is 0 Å². The van der Waals surface area contributed by atoms with Crippen molar-refractivity contribution < 1.29 is 9.59 Å². The third-order valence-corrected chi connectivity index (χ3v) is 3.76. The zero-order valence-corrected chi connectivity index (χ0v) is 12.0. The summed E-state index contributed by atoms with van der Waals surface area (Å²) < 4.78 is 1.99. The van der Waals surface area contributed by atoms with E-state index in [2.05, 4.69) is 10.6 Å². The highest BCUT2D eigenvalue weighted by Gasteiger charge is 2.29. The standard InChI is InChI=1S/C14H22N4O2/c1-14(2,13(15)20)17-12(19)11-4-3-9-18(11)10-5-7-16-8-6-10/h3-4,9-10,16H,5-8H2,1-2H3,(H2,15,20)(H,17,19). The van der Waals surface area contributed by atoms with Crippen LogP contribution in [0.2, 0.25) is 0 Å². The van der Waals surface area contributed by atoms with Crippen molar-refractivity contribution in [2.75, 3.05) is 13.1 Å². The predicted molar refractivity (Wildman–Crippen MR) is 76.3 cm³/mol. The molecule has 20 heavy (non-hydrogen) atoms. The summed E-state index contributed by atoms with van der Waals surface area (Å²) in [5.41, 5.74) is 4.80. The number of nitrogens with one attached hydrogen (secondary N) is 2. The minimum Gasteiger partial charge on any atom is -0.368 e. The molecule has 1 aromatic heterocycles. The molecule has 1 aromatic rings. The Morgan fingerprint density at radius 1 is 1.40 bits per heavy atom. The van der Waals surface area contributed by atoms with E-state index in [9.17, 15) is 9.59 Å². The van der Waals surface area contributed by atoms with Gasteiger partial charge < -0.3 is 20.9 Å². The highest BCUT2D eigenvalue weighted by Crippen LogP contribution is 2.21. The molecule has 2 heterocycles. The van der Waals surface area contributed by atoms with E-state index in [1.807, 2.05) is 16.8 Å². The van der Waals surface area contributed by atoms with Gasteiger partial charge in [0.2, 0.25) is 5.91 Å². The molecule has 6 heteroatoms. The summed E-state index contributed by atoms with van der Waals surface area (Å²) in [5, 5.41) is 5.99. The lowest BCUT2D eigenvalue weighted by Crippen LogP contribution is -2.53. The summed E-state index contributed by atoms with van der Waals surface area (Å²) >= 11 is 0. The smallest absolute Gasteiger partial charge is 0.268 e. The molecule has 0 unspecified atom stereocenters. The molecule has 1 aliphatic heterocycles. The fraction of sp³-hybridized carbons (Fsp3) is 0.571. The van der Waals surface area contributed by atoms with E-state index in [1.54, 1.807) is 19.9 Å². The largest absolute Gasteiger partial charge is 0.368 e. The molecule has 0 saturated carbocycles. The number of carbonyl (C=O) groups excluding carboxylic acids is 2. The Morgan fingerprint density at radius 2 is 2.05 bits per heavy atom. The van der Waals surface area contributed by atoms with E-state index >= 15 is 0 Å². The number of carbonyl (C=O) groups is 2. The fourth-order valence-corrected chi connectivity index (χ4v) is 2.40. The lowest BCUT2D eigenvalue weighted by molar-refractivity contribution is -0.122. The average Bonchev–Trinajstić information content (AvgIpc) is 2.88. The van der Waals surface area contributed by atoms with Crippen LogP contribution in [0.5, 0.6) is 0 Å². The molecule has 1 saturated heterocycles. The van der Waals surface area contributed by atoms with Crippen LogP contribution in [0.15, 0.2) is 18.3 Å². The predicted octanol–water partition coefficient (Wildman–Crippen LogP) is 0.406. The van der Waals surface area contributed by atoms with E-state index in [1.165, 1.54) is 0 Å². The van der Waals surface area contributed by atoms with Gasteiger partial charge in [0.1, 0.15) is 11.2 Å². The minimum absolute atomic E-state index is 0.266. The topological polar surface area (TPSA) is 89.2 Å². The van der Waals surface area contributed by atoms with Crippen LogP contribution in [0.4, 0.5) is 0 Å². The zero-order valence-electron chi connectivity index (χ0n) is 12.0. The van der Waals surface area contributed by atoms with Crippen molar-refractivity contribution in [3.05, 3.63) is 24.0 Å². The Labute approximate surface area is 118 Å².